The molecule has 4 aromatic rings. The van der Waals surface area contributed by atoms with Crippen LogP contribution < -0.4 is 5.32 Å². The van der Waals surface area contributed by atoms with E-state index in [1.54, 1.807) is 11.8 Å². The molecule has 31 heavy (non-hydrogen) atoms. The monoisotopic (exact) mass is 429 g/mol. The van der Waals surface area contributed by atoms with Gasteiger partial charge < -0.3 is 10.3 Å². The highest BCUT2D eigenvalue weighted by Crippen LogP contribution is 2.31. The summed E-state index contributed by atoms with van der Waals surface area (Å²) in [7, 11) is 0. The minimum absolute atomic E-state index is 0.0137. The molecule has 0 aliphatic carbocycles. The van der Waals surface area contributed by atoms with Crippen LogP contribution in [-0.2, 0) is 16.6 Å². The van der Waals surface area contributed by atoms with E-state index in [2.05, 4.69) is 55.3 Å². The number of carbonyl (C=O) groups is 1. The number of anilines is 1. The average Bonchev–Trinajstić information content (AvgIpc) is 3.21. The highest BCUT2D eigenvalue weighted by atomic mass is 32.2. The van der Waals surface area contributed by atoms with Crippen molar-refractivity contribution >= 4 is 34.4 Å². The number of H-pyrrole nitrogens is 1. The van der Waals surface area contributed by atoms with E-state index < -0.39 is 0 Å². The van der Waals surface area contributed by atoms with Crippen LogP contribution in [0.5, 0.6) is 0 Å². The van der Waals surface area contributed by atoms with Gasteiger partial charge in [-0.2, -0.15) is 0 Å². The Morgan fingerprint density at radius 1 is 1.00 bits per heavy atom. The number of aromatic amines is 1. The maximum absolute atomic E-state index is 12.5. The van der Waals surface area contributed by atoms with E-state index >= 15 is 0 Å². The van der Waals surface area contributed by atoms with Crippen LogP contribution in [-0.4, -0.2) is 21.6 Å². The van der Waals surface area contributed by atoms with E-state index in [-0.39, 0.29) is 11.3 Å². The van der Waals surface area contributed by atoms with Crippen LogP contribution in [0.2, 0.25) is 0 Å². The predicted molar refractivity (Wildman–Crippen MR) is 130 cm³/mol. The molecule has 1 amide bonds. The lowest BCUT2D eigenvalue weighted by Gasteiger charge is -2.23. The van der Waals surface area contributed by atoms with Crippen LogP contribution in [0, 0.1) is 0 Å². The summed E-state index contributed by atoms with van der Waals surface area (Å²) < 4.78 is 0. The second kappa shape index (κ2) is 8.98. The van der Waals surface area contributed by atoms with E-state index in [0.717, 1.165) is 39.4 Å². The number of fused-ring (bicyclic) bond motifs is 1. The van der Waals surface area contributed by atoms with Gasteiger partial charge in [-0.1, -0.05) is 43.3 Å². The van der Waals surface area contributed by atoms with E-state index in [1.807, 2.05) is 48.5 Å². The number of aromatic nitrogens is 2. The van der Waals surface area contributed by atoms with Crippen molar-refractivity contribution in [2.24, 2.45) is 0 Å². The van der Waals surface area contributed by atoms with Gasteiger partial charge in [0, 0.05) is 16.0 Å². The van der Waals surface area contributed by atoms with E-state index in [9.17, 15) is 4.79 Å². The van der Waals surface area contributed by atoms with Crippen molar-refractivity contribution in [1.29, 1.82) is 0 Å². The van der Waals surface area contributed by atoms with Gasteiger partial charge in [-0.15, -0.1) is 11.8 Å². The molecular weight excluding hydrogens is 402 g/mol. The predicted octanol–water partition coefficient (Wildman–Crippen LogP) is 6.18. The number of hydrogen-bond donors (Lipinski definition) is 2. The summed E-state index contributed by atoms with van der Waals surface area (Å²) in [4.78, 5) is 21.9. The summed E-state index contributed by atoms with van der Waals surface area (Å²) in [6.07, 6.45) is 0.364. The number of rotatable bonds is 7. The Labute approximate surface area is 187 Å². The van der Waals surface area contributed by atoms with Crippen LogP contribution in [0.3, 0.4) is 0 Å². The first-order chi connectivity index (χ1) is 15.0. The Balaban J connectivity index is 1.43. The van der Waals surface area contributed by atoms with Gasteiger partial charge >= 0.3 is 0 Å². The van der Waals surface area contributed by atoms with E-state index in [1.165, 1.54) is 4.90 Å². The lowest BCUT2D eigenvalue weighted by molar-refractivity contribution is -0.115. The summed E-state index contributed by atoms with van der Waals surface area (Å²) in [6.45, 7) is 6.44. The van der Waals surface area contributed by atoms with Crippen LogP contribution in [0.15, 0.2) is 77.7 Å². The number of nitrogens with zero attached hydrogens (tertiary/aromatic N) is 1. The molecule has 4 rings (SSSR count). The molecule has 0 aliphatic rings. The Bertz CT molecular complexity index is 1140. The largest absolute Gasteiger partial charge is 0.341 e. The molecule has 0 atom stereocenters. The molecule has 0 radical (unpaired) electrons. The molecule has 0 bridgehead atoms. The number of benzene rings is 3. The molecule has 3 aromatic carbocycles. The molecule has 4 nitrogen and oxygen atoms in total. The van der Waals surface area contributed by atoms with Gasteiger partial charge in [-0.25, -0.2) is 4.98 Å². The van der Waals surface area contributed by atoms with Crippen LogP contribution in [0.4, 0.5) is 5.69 Å². The first-order valence-electron chi connectivity index (χ1n) is 10.5. The normalized spacial score (nSPS) is 11.6. The van der Waals surface area contributed by atoms with Gasteiger partial charge in [-0.3, -0.25) is 4.79 Å². The molecule has 1 aromatic heterocycles. The van der Waals surface area contributed by atoms with Gasteiger partial charge in [-0.05, 0) is 67.1 Å². The molecule has 0 fully saturated rings. The lowest BCUT2D eigenvalue weighted by atomic mass is 9.84. The average molecular weight is 430 g/mol. The SMILES string of the molecule is CCSc1ccc(CC(=O)Nc2ccc(C(C)(C)c3nc4ccccc4[nH]3)cc2)cc1. The van der Waals surface area contributed by atoms with E-state index in [4.69, 9.17) is 4.98 Å². The number of hydrogen-bond acceptors (Lipinski definition) is 3. The number of imidazole rings is 1. The lowest BCUT2D eigenvalue weighted by Crippen LogP contribution is -2.21. The summed E-state index contributed by atoms with van der Waals surface area (Å²) >= 11 is 1.80. The minimum Gasteiger partial charge on any atom is -0.341 e. The second-order valence-electron chi connectivity index (χ2n) is 8.11. The first-order valence-corrected chi connectivity index (χ1v) is 11.5. The van der Waals surface area contributed by atoms with Crippen molar-refractivity contribution < 1.29 is 4.79 Å². The zero-order valence-electron chi connectivity index (χ0n) is 18.1. The molecule has 0 saturated heterocycles. The van der Waals surface area contributed by atoms with Crippen molar-refractivity contribution in [1.82, 2.24) is 9.97 Å². The third kappa shape index (κ3) is 4.83. The van der Waals surface area contributed by atoms with Gasteiger partial charge in [0.05, 0.1) is 17.5 Å². The summed E-state index contributed by atoms with van der Waals surface area (Å²) in [6, 6.07) is 24.3. The number of amides is 1. The number of nitrogens with one attached hydrogen (secondary N) is 2. The Kier molecular flexibility index (Phi) is 6.14. The molecule has 0 aliphatic heterocycles. The Morgan fingerprint density at radius 3 is 2.39 bits per heavy atom. The fourth-order valence-corrected chi connectivity index (χ4v) is 4.28. The summed E-state index contributed by atoms with van der Waals surface area (Å²) in [5.41, 5.74) is 4.67. The van der Waals surface area contributed by atoms with Crippen LogP contribution in [0.1, 0.15) is 37.7 Å². The van der Waals surface area contributed by atoms with Gasteiger partial charge in [0.2, 0.25) is 5.91 Å². The maximum atomic E-state index is 12.5. The highest BCUT2D eigenvalue weighted by molar-refractivity contribution is 7.99. The molecular formula is C26H27N3OS. The topological polar surface area (TPSA) is 57.8 Å². The van der Waals surface area contributed by atoms with Crippen molar-refractivity contribution in [3.8, 4) is 0 Å². The molecule has 0 unspecified atom stereocenters. The van der Waals surface area contributed by atoms with Crippen LogP contribution >= 0.6 is 11.8 Å². The fraction of sp³-hybridized carbons (Fsp3) is 0.231. The third-order valence-electron chi connectivity index (χ3n) is 5.47. The molecule has 5 heteroatoms. The van der Waals surface area contributed by atoms with Crippen molar-refractivity contribution in [2.45, 2.75) is 37.5 Å². The molecule has 2 N–H and O–H groups in total. The van der Waals surface area contributed by atoms with Gasteiger partial charge in [0.15, 0.2) is 0 Å². The smallest absolute Gasteiger partial charge is 0.228 e. The zero-order valence-corrected chi connectivity index (χ0v) is 18.9. The van der Waals surface area contributed by atoms with Gasteiger partial charge in [0.1, 0.15) is 5.82 Å². The number of para-hydroxylation sites is 2. The molecule has 0 spiro atoms. The van der Waals surface area contributed by atoms with E-state index in [0.29, 0.717) is 6.42 Å². The molecule has 1 heterocycles. The highest BCUT2D eigenvalue weighted by Gasteiger charge is 2.26. The third-order valence-corrected chi connectivity index (χ3v) is 6.36. The fourth-order valence-electron chi connectivity index (χ4n) is 3.62. The maximum Gasteiger partial charge on any atom is 0.228 e. The zero-order chi connectivity index (χ0) is 21.8. The number of thioether (sulfide) groups is 1. The standard InChI is InChI=1S/C26H27N3OS/c1-4-31-21-15-9-18(10-16-21)17-24(30)27-20-13-11-19(12-14-20)26(2,3)25-28-22-7-5-6-8-23(22)29-25/h5-16H,4,17H2,1-3H3,(H,27,30)(H,28,29). The molecule has 0 saturated carbocycles. The summed E-state index contributed by atoms with van der Waals surface area (Å²) in [5.74, 6) is 1.96. The van der Waals surface area contributed by atoms with Gasteiger partial charge in [0.25, 0.3) is 0 Å². The first kappa shape index (κ1) is 21.2. The summed E-state index contributed by atoms with van der Waals surface area (Å²) in [5, 5.41) is 3.00. The number of carbonyl (C=O) groups excluding carboxylic acids is 1. The van der Waals surface area contributed by atoms with Crippen molar-refractivity contribution in [2.75, 3.05) is 11.1 Å². The Hall–Kier alpha value is -3.05. The molecule has 158 valence electrons. The minimum atomic E-state index is -0.278. The quantitative estimate of drug-likeness (QED) is 0.345. The van der Waals surface area contributed by atoms with Crippen molar-refractivity contribution in [3.63, 3.8) is 0 Å². The van der Waals surface area contributed by atoms with Crippen LogP contribution in [0.25, 0.3) is 11.0 Å². The Morgan fingerprint density at radius 2 is 1.71 bits per heavy atom. The second-order valence-corrected chi connectivity index (χ2v) is 9.44. The van der Waals surface area contributed by atoms with Crippen molar-refractivity contribution in [3.05, 3.63) is 89.7 Å².